The summed E-state index contributed by atoms with van der Waals surface area (Å²) in [6.45, 7) is 6.56. The Balaban J connectivity index is 1.96. The molecule has 3 heteroatoms. The van der Waals surface area contributed by atoms with Crippen molar-refractivity contribution in [3.05, 3.63) is 0 Å². The van der Waals surface area contributed by atoms with E-state index in [0.717, 1.165) is 12.8 Å². The monoisotopic (exact) mass is 234 g/mol. The van der Waals surface area contributed by atoms with Gasteiger partial charge in [-0.1, -0.05) is 6.92 Å². The minimum Gasteiger partial charge on any atom is -0.371 e. The van der Waals surface area contributed by atoms with E-state index in [1.165, 1.54) is 0 Å². The fraction of sp³-hybridized carbons (Fsp3) is 1.00. The average molecular weight is 235 g/mol. The molecule has 2 aliphatic carbocycles. The minimum atomic E-state index is -0.525. The predicted molar refractivity (Wildman–Crippen MR) is 57.7 cm³/mol. The fourth-order valence-electron chi connectivity index (χ4n) is 3.55. The average Bonchev–Trinajstić information content (AvgIpc) is 2.39. The number of hydrogen-bond acceptors (Lipinski definition) is 1. The van der Waals surface area contributed by atoms with Gasteiger partial charge in [-0.05, 0) is 32.6 Å². The number of alkyl halides is 2. The summed E-state index contributed by atoms with van der Waals surface area (Å²) in [7, 11) is 0. The van der Waals surface area contributed by atoms with Gasteiger partial charge in [-0.3, -0.25) is 0 Å². The summed E-state index contributed by atoms with van der Waals surface area (Å²) in [6.07, 6.45) is 2.55. The number of fused-ring (bicyclic) bond motifs is 4. The van der Waals surface area contributed by atoms with Crippen LogP contribution < -0.4 is 0 Å². The molecule has 0 amide bonds. The second-order valence-corrected chi connectivity index (χ2v) is 7.22. The highest BCUT2D eigenvalue weighted by Crippen LogP contribution is 2.78. The molecular weight excluding hydrogens is 219 g/mol. The minimum absolute atomic E-state index is 0.0143. The molecule has 1 nitrogen and oxygen atoms in total. The summed E-state index contributed by atoms with van der Waals surface area (Å²) < 4.78 is 5.57. The molecule has 3 fully saturated rings. The van der Waals surface area contributed by atoms with Crippen LogP contribution in [-0.2, 0) is 4.74 Å². The molecule has 4 atom stereocenters. The zero-order chi connectivity index (χ0) is 10.4. The van der Waals surface area contributed by atoms with Crippen LogP contribution in [0.1, 0.15) is 33.6 Å². The third-order valence-corrected chi connectivity index (χ3v) is 6.25. The van der Waals surface area contributed by atoms with E-state index in [1.54, 1.807) is 0 Å². The summed E-state index contributed by atoms with van der Waals surface area (Å²) >= 11 is 12.7. The van der Waals surface area contributed by atoms with Crippen LogP contribution in [0, 0.1) is 17.3 Å². The Morgan fingerprint density at radius 1 is 1.14 bits per heavy atom. The Morgan fingerprint density at radius 3 is 2.43 bits per heavy atom. The number of ether oxygens (including phenoxy) is 1. The molecule has 1 aliphatic heterocycles. The summed E-state index contributed by atoms with van der Waals surface area (Å²) in [4.78, 5) is 0. The Bertz CT molecular complexity index is 300. The van der Waals surface area contributed by atoms with Crippen LogP contribution in [0.2, 0.25) is 0 Å². The van der Waals surface area contributed by atoms with Gasteiger partial charge in [0.05, 0.1) is 11.7 Å². The van der Waals surface area contributed by atoms with Crippen molar-refractivity contribution in [2.45, 2.75) is 49.7 Å². The first-order valence-electron chi connectivity index (χ1n) is 5.36. The van der Waals surface area contributed by atoms with E-state index in [4.69, 9.17) is 27.9 Å². The highest BCUT2D eigenvalue weighted by molar-refractivity contribution is 6.52. The maximum atomic E-state index is 6.33. The van der Waals surface area contributed by atoms with Crippen LogP contribution in [-0.4, -0.2) is 16.0 Å². The van der Waals surface area contributed by atoms with Crippen LogP contribution in [0.25, 0.3) is 0 Å². The van der Waals surface area contributed by atoms with Crippen molar-refractivity contribution in [2.75, 3.05) is 0 Å². The van der Waals surface area contributed by atoms with E-state index >= 15 is 0 Å². The van der Waals surface area contributed by atoms with E-state index < -0.39 is 4.33 Å². The molecule has 14 heavy (non-hydrogen) atoms. The second kappa shape index (κ2) is 2.28. The molecule has 0 N–H and O–H groups in total. The van der Waals surface area contributed by atoms with Crippen LogP contribution in [0.4, 0.5) is 0 Å². The predicted octanol–water partition coefficient (Wildman–Crippen LogP) is 3.38. The quantitative estimate of drug-likeness (QED) is 0.585. The second-order valence-electron chi connectivity index (χ2n) is 5.84. The summed E-state index contributed by atoms with van der Waals surface area (Å²) in [6, 6.07) is 0. The van der Waals surface area contributed by atoms with Gasteiger partial charge in [-0.15, -0.1) is 23.2 Å². The maximum Gasteiger partial charge on any atom is 0.130 e. The number of hydrogen-bond donors (Lipinski definition) is 0. The number of halogens is 2. The lowest BCUT2D eigenvalue weighted by Gasteiger charge is -2.25. The topological polar surface area (TPSA) is 9.23 Å². The van der Waals surface area contributed by atoms with Gasteiger partial charge < -0.3 is 4.74 Å². The molecule has 0 radical (unpaired) electrons. The zero-order valence-corrected chi connectivity index (χ0v) is 10.3. The van der Waals surface area contributed by atoms with Gasteiger partial charge in [0, 0.05) is 11.3 Å². The van der Waals surface area contributed by atoms with E-state index in [2.05, 4.69) is 20.8 Å². The van der Waals surface area contributed by atoms with Gasteiger partial charge in [0.25, 0.3) is 0 Å². The molecule has 2 bridgehead atoms. The van der Waals surface area contributed by atoms with E-state index in [0.29, 0.717) is 11.8 Å². The van der Waals surface area contributed by atoms with Crippen LogP contribution >= 0.6 is 23.2 Å². The highest BCUT2D eigenvalue weighted by atomic mass is 35.5. The lowest BCUT2D eigenvalue weighted by molar-refractivity contribution is -0.0485. The van der Waals surface area contributed by atoms with Crippen molar-refractivity contribution in [3.8, 4) is 0 Å². The summed E-state index contributed by atoms with van der Waals surface area (Å²) in [5.74, 6) is 1.09. The third kappa shape index (κ3) is 0.842. The molecule has 1 saturated heterocycles. The standard InChI is InChI=1S/C11H16Cl2O/c1-9(2)6-4-7-10(3,11(7,12)13)8(5-6)14-9/h6-8H,4-5H2,1-3H3/t6?,7-,8?,10-/m1/s1. The van der Waals surface area contributed by atoms with E-state index in [1.807, 2.05) is 0 Å². The lowest BCUT2D eigenvalue weighted by Crippen LogP contribution is -2.28. The SMILES string of the molecule is CC1(C)OC2CC1C[C@H]1C(Cl)(Cl)[C@@]21C. The summed E-state index contributed by atoms with van der Waals surface area (Å²) in [5, 5.41) is 0. The molecule has 0 aromatic heterocycles. The molecule has 2 saturated carbocycles. The van der Waals surface area contributed by atoms with Crippen LogP contribution in [0.15, 0.2) is 0 Å². The van der Waals surface area contributed by atoms with Gasteiger partial charge in [0.15, 0.2) is 0 Å². The van der Waals surface area contributed by atoms with Gasteiger partial charge >= 0.3 is 0 Å². The van der Waals surface area contributed by atoms with Crippen LogP contribution in [0.3, 0.4) is 0 Å². The molecular formula is C11H16Cl2O. The lowest BCUT2D eigenvalue weighted by atomic mass is 9.77. The molecule has 0 aromatic rings. The largest absolute Gasteiger partial charge is 0.371 e. The molecule has 1 heterocycles. The van der Waals surface area contributed by atoms with Crippen molar-refractivity contribution in [1.29, 1.82) is 0 Å². The first-order chi connectivity index (χ1) is 6.30. The fourth-order valence-corrected chi connectivity index (χ4v) is 4.58. The van der Waals surface area contributed by atoms with Gasteiger partial charge in [-0.25, -0.2) is 0 Å². The zero-order valence-electron chi connectivity index (χ0n) is 8.81. The smallest absolute Gasteiger partial charge is 0.130 e. The van der Waals surface area contributed by atoms with E-state index in [-0.39, 0.29) is 17.1 Å². The van der Waals surface area contributed by atoms with Crippen molar-refractivity contribution in [1.82, 2.24) is 0 Å². The Kier molecular flexibility index (Phi) is 1.59. The molecule has 0 spiro atoms. The molecule has 80 valence electrons. The molecule has 2 unspecified atom stereocenters. The van der Waals surface area contributed by atoms with Gasteiger partial charge in [-0.2, -0.15) is 0 Å². The first kappa shape index (κ1) is 9.74. The van der Waals surface area contributed by atoms with Crippen molar-refractivity contribution >= 4 is 23.2 Å². The Labute approximate surface area is 95.1 Å². The van der Waals surface area contributed by atoms with Gasteiger partial charge in [0.2, 0.25) is 0 Å². The Morgan fingerprint density at radius 2 is 1.79 bits per heavy atom. The Hall–Kier alpha value is 0.540. The molecule has 3 aliphatic rings. The molecule has 0 aromatic carbocycles. The van der Waals surface area contributed by atoms with E-state index in [9.17, 15) is 0 Å². The normalized spacial score (nSPS) is 56.8. The van der Waals surface area contributed by atoms with Crippen molar-refractivity contribution < 1.29 is 4.74 Å². The maximum absolute atomic E-state index is 6.33. The highest BCUT2D eigenvalue weighted by Gasteiger charge is 2.80. The van der Waals surface area contributed by atoms with Gasteiger partial charge in [0.1, 0.15) is 4.33 Å². The number of rotatable bonds is 0. The summed E-state index contributed by atoms with van der Waals surface area (Å²) in [5.41, 5.74) is 0.0470. The van der Waals surface area contributed by atoms with Crippen molar-refractivity contribution in [3.63, 3.8) is 0 Å². The first-order valence-corrected chi connectivity index (χ1v) is 6.11. The van der Waals surface area contributed by atoms with Crippen LogP contribution in [0.5, 0.6) is 0 Å². The third-order valence-electron chi connectivity index (χ3n) is 4.91. The van der Waals surface area contributed by atoms with Crippen molar-refractivity contribution in [2.24, 2.45) is 17.3 Å². The molecule has 3 rings (SSSR count).